The van der Waals surface area contributed by atoms with E-state index in [-0.39, 0.29) is 18.2 Å². The van der Waals surface area contributed by atoms with Crippen molar-refractivity contribution in [2.24, 2.45) is 7.05 Å². The van der Waals surface area contributed by atoms with Gasteiger partial charge in [0.1, 0.15) is 0 Å². The Balaban J connectivity index is 1.96. The number of benzene rings is 1. The molecule has 0 radical (unpaired) electrons. The molecule has 0 saturated heterocycles. The summed E-state index contributed by atoms with van der Waals surface area (Å²) in [5, 5.41) is 9.20. The van der Waals surface area contributed by atoms with Crippen LogP contribution in [0.4, 0.5) is 11.4 Å². The predicted molar refractivity (Wildman–Crippen MR) is 101 cm³/mol. The van der Waals surface area contributed by atoms with E-state index < -0.39 is 0 Å². The van der Waals surface area contributed by atoms with Crippen LogP contribution in [0.15, 0.2) is 41.3 Å². The maximum atomic E-state index is 11.7. The molecule has 1 aliphatic rings. The normalized spacial score (nSPS) is 14.6. The topological polar surface area (TPSA) is 48.7 Å². The first-order valence-electron chi connectivity index (χ1n) is 8.90. The smallest absolute Gasteiger partial charge is 0.250 e. The summed E-state index contributed by atoms with van der Waals surface area (Å²) in [6.07, 6.45) is 2.91. The van der Waals surface area contributed by atoms with Crippen LogP contribution < -0.4 is 10.5 Å². The monoisotopic (exact) mass is 341 g/mol. The molecule has 0 atom stereocenters. The van der Waals surface area contributed by atoms with Crippen LogP contribution in [-0.4, -0.2) is 40.3 Å². The first-order valence-corrected chi connectivity index (χ1v) is 8.90. The molecular weight excluding hydrogens is 314 g/mol. The molecule has 25 heavy (non-hydrogen) atoms. The number of fused-ring (bicyclic) bond motifs is 1. The second kappa shape index (κ2) is 7.42. The van der Waals surface area contributed by atoms with Gasteiger partial charge >= 0.3 is 0 Å². The van der Waals surface area contributed by atoms with Gasteiger partial charge in [-0.2, -0.15) is 0 Å². The molecule has 0 saturated carbocycles. The second-order valence-corrected chi connectivity index (χ2v) is 7.00. The number of β-amino-alcohol motifs (C(OH)–C–C–N with tert-alkyl or cyclic N) is 1. The zero-order valence-corrected chi connectivity index (χ0v) is 15.3. The number of hydrogen-bond donors (Lipinski definition) is 1. The molecule has 5 nitrogen and oxygen atoms in total. The highest BCUT2D eigenvalue weighted by atomic mass is 16.3. The number of aromatic nitrogens is 1. The van der Waals surface area contributed by atoms with Crippen LogP contribution in [0.2, 0.25) is 0 Å². The summed E-state index contributed by atoms with van der Waals surface area (Å²) < 4.78 is 1.62. The number of anilines is 2. The van der Waals surface area contributed by atoms with Crippen LogP contribution in [-0.2, 0) is 20.0 Å². The Morgan fingerprint density at radius 1 is 1.16 bits per heavy atom. The third-order valence-electron chi connectivity index (χ3n) is 4.84. The van der Waals surface area contributed by atoms with Crippen molar-refractivity contribution in [3.63, 3.8) is 0 Å². The first-order chi connectivity index (χ1) is 12.0. The molecule has 0 bridgehead atoms. The SMILES string of the molecule is CC(C)N(c1ccc2c(c1)CN(CCO)CC2)c1ccc(=O)n(C)c1. The molecule has 0 spiro atoms. The first kappa shape index (κ1) is 17.7. The summed E-state index contributed by atoms with van der Waals surface area (Å²) in [4.78, 5) is 16.3. The van der Waals surface area contributed by atoms with E-state index in [2.05, 4.69) is 41.8 Å². The Labute approximate surface area is 149 Å². The second-order valence-electron chi connectivity index (χ2n) is 7.00. The fourth-order valence-electron chi connectivity index (χ4n) is 3.55. The molecule has 0 amide bonds. The van der Waals surface area contributed by atoms with Crippen LogP contribution in [0.1, 0.15) is 25.0 Å². The van der Waals surface area contributed by atoms with E-state index in [9.17, 15) is 9.90 Å². The Hall–Kier alpha value is -2.11. The van der Waals surface area contributed by atoms with E-state index in [1.165, 1.54) is 11.1 Å². The average molecular weight is 341 g/mol. The summed E-state index contributed by atoms with van der Waals surface area (Å²) in [6.45, 7) is 7.11. The Kier molecular flexibility index (Phi) is 5.25. The lowest BCUT2D eigenvalue weighted by Gasteiger charge is -2.32. The minimum absolute atomic E-state index is 0.00228. The van der Waals surface area contributed by atoms with Crippen molar-refractivity contribution in [1.82, 2.24) is 9.47 Å². The van der Waals surface area contributed by atoms with Crippen LogP contribution in [0, 0.1) is 0 Å². The maximum absolute atomic E-state index is 11.7. The third kappa shape index (κ3) is 3.78. The van der Waals surface area contributed by atoms with Gasteiger partial charge in [0.2, 0.25) is 5.56 Å². The number of aliphatic hydroxyl groups is 1. The molecule has 2 aromatic rings. The highest BCUT2D eigenvalue weighted by molar-refractivity contribution is 5.64. The largest absolute Gasteiger partial charge is 0.395 e. The third-order valence-corrected chi connectivity index (χ3v) is 4.84. The van der Waals surface area contributed by atoms with Gasteiger partial charge in [-0.15, -0.1) is 0 Å². The minimum Gasteiger partial charge on any atom is -0.395 e. The fraction of sp³-hybridized carbons (Fsp3) is 0.450. The lowest BCUT2D eigenvalue weighted by molar-refractivity contribution is 0.184. The van der Waals surface area contributed by atoms with Crippen molar-refractivity contribution in [2.45, 2.75) is 32.9 Å². The average Bonchev–Trinajstić information content (AvgIpc) is 2.58. The molecule has 2 heterocycles. The molecule has 3 rings (SSSR count). The van der Waals surface area contributed by atoms with Gasteiger partial charge in [-0.3, -0.25) is 9.69 Å². The van der Waals surface area contributed by atoms with Crippen molar-refractivity contribution >= 4 is 11.4 Å². The zero-order chi connectivity index (χ0) is 18.0. The highest BCUT2D eigenvalue weighted by Gasteiger charge is 2.19. The van der Waals surface area contributed by atoms with Gasteiger partial charge in [0, 0.05) is 50.7 Å². The van der Waals surface area contributed by atoms with Crippen molar-refractivity contribution < 1.29 is 5.11 Å². The molecule has 0 fully saturated rings. The Morgan fingerprint density at radius 2 is 1.92 bits per heavy atom. The summed E-state index contributed by atoms with van der Waals surface area (Å²) in [5.41, 5.74) is 4.87. The van der Waals surface area contributed by atoms with Gasteiger partial charge in [-0.1, -0.05) is 6.07 Å². The van der Waals surface area contributed by atoms with E-state index in [4.69, 9.17) is 0 Å². The van der Waals surface area contributed by atoms with E-state index in [0.29, 0.717) is 0 Å². The molecule has 1 aromatic carbocycles. The van der Waals surface area contributed by atoms with Crippen LogP contribution in [0.25, 0.3) is 0 Å². The number of hydrogen-bond acceptors (Lipinski definition) is 4. The van der Waals surface area contributed by atoms with Crippen LogP contribution in [0.5, 0.6) is 0 Å². The maximum Gasteiger partial charge on any atom is 0.250 e. The van der Waals surface area contributed by atoms with Gasteiger partial charge in [0.15, 0.2) is 0 Å². The van der Waals surface area contributed by atoms with E-state index in [1.807, 2.05) is 12.3 Å². The molecule has 1 aliphatic heterocycles. The summed E-state index contributed by atoms with van der Waals surface area (Å²) in [7, 11) is 1.78. The van der Waals surface area contributed by atoms with Crippen molar-refractivity contribution in [3.8, 4) is 0 Å². The lowest BCUT2D eigenvalue weighted by Crippen LogP contribution is -2.33. The van der Waals surface area contributed by atoms with Crippen molar-refractivity contribution in [2.75, 3.05) is 24.6 Å². The molecule has 1 aromatic heterocycles. The minimum atomic E-state index is -0.00228. The zero-order valence-electron chi connectivity index (χ0n) is 15.3. The number of pyridine rings is 1. The number of aryl methyl sites for hydroxylation is 1. The Morgan fingerprint density at radius 3 is 2.60 bits per heavy atom. The predicted octanol–water partition coefficient (Wildman–Crippen LogP) is 2.28. The van der Waals surface area contributed by atoms with E-state index >= 15 is 0 Å². The van der Waals surface area contributed by atoms with Gasteiger partial charge in [-0.05, 0) is 49.6 Å². The summed E-state index contributed by atoms with van der Waals surface area (Å²) in [6, 6.07) is 10.4. The lowest BCUT2D eigenvalue weighted by atomic mass is 9.98. The fourth-order valence-corrected chi connectivity index (χ4v) is 3.55. The molecule has 5 heteroatoms. The standard InChI is InChI=1S/C20H27N3O2/c1-15(2)23(19-6-7-20(25)21(3)14-19)18-5-4-16-8-9-22(10-11-24)13-17(16)12-18/h4-7,12,14-15,24H,8-11,13H2,1-3H3. The Bertz CT molecular complexity index is 798. The number of rotatable bonds is 5. The quantitative estimate of drug-likeness (QED) is 0.906. The number of nitrogens with zero attached hydrogens (tertiary/aromatic N) is 3. The molecule has 134 valence electrons. The van der Waals surface area contributed by atoms with Crippen molar-refractivity contribution in [3.05, 3.63) is 58.0 Å². The van der Waals surface area contributed by atoms with Gasteiger partial charge in [0.05, 0.1) is 12.3 Å². The molecule has 1 N–H and O–H groups in total. The van der Waals surface area contributed by atoms with Gasteiger partial charge < -0.3 is 14.6 Å². The van der Waals surface area contributed by atoms with Crippen LogP contribution in [0.3, 0.4) is 0 Å². The summed E-state index contributed by atoms with van der Waals surface area (Å²) >= 11 is 0. The molecule has 0 unspecified atom stereocenters. The summed E-state index contributed by atoms with van der Waals surface area (Å²) in [5.74, 6) is 0. The van der Waals surface area contributed by atoms with Gasteiger partial charge in [0.25, 0.3) is 0 Å². The van der Waals surface area contributed by atoms with Crippen LogP contribution >= 0.6 is 0 Å². The van der Waals surface area contributed by atoms with Crippen molar-refractivity contribution in [1.29, 1.82) is 0 Å². The van der Waals surface area contributed by atoms with E-state index in [1.54, 1.807) is 17.7 Å². The molecule has 0 aliphatic carbocycles. The van der Waals surface area contributed by atoms with E-state index in [0.717, 1.165) is 37.4 Å². The van der Waals surface area contributed by atoms with Gasteiger partial charge in [-0.25, -0.2) is 0 Å². The highest BCUT2D eigenvalue weighted by Crippen LogP contribution is 2.31. The number of aliphatic hydroxyl groups excluding tert-OH is 1. The molecular formula is C20H27N3O2.